The van der Waals surface area contributed by atoms with Gasteiger partial charge in [-0.15, -0.1) is 0 Å². The molecule has 1 N–H and O–H groups in total. The quantitative estimate of drug-likeness (QED) is 0.886. The summed E-state index contributed by atoms with van der Waals surface area (Å²) in [6.07, 6.45) is 2.62. The average Bonchev–Trinajstić information content (AvgIpc) is 3.03. The van der Waals surface area contributed by atoms with Crippen LogP contribution in [0, 0.1) is 13.8 Å². The van der Waals surface area contributed by atoms with E-state index in [1.54, 1.807) is 0 Å². The molecule has 1 aliphatic rings. The summed E-state index contributed by atoms with van der Waals surface area (Å²) in [7, 11) is 0. The van der Waals surface area contributed by atoms with E-state index in [0.717, 1.165) is 6.54 Å². The van der Waals surface area contributed by atoms with E-state index in [0.29, 0.717) is 0 Å². The maximum Gasteiger partial charge on any atom is 0.0602 e. The Balaban J connectivity index is 1.77. The van der Waals surface area contributed by atoms with Gasteiger partial charge in [0.25, 0.3) is 0 Å². The van der Waals surface area contributed by atoms with Gasteiger partial charge < -0.3 is 10.2 Å². The Morgan fingerprint density at radius 2 is 1.76 bits per heavy atom. The highest BCUT2D eigenvalue weighted by Crippen LogP contribution is 2.29. The molecule has 0 radical (unpaired) electrons. The van der Waals surface area contributed by atoms with Gasteiger partial charge in [0.05, 0.1) is 11.4 Å². The molecular weight excluding hydrogens is 256 g/mol. The minimum Gasteiger partial charge on any atom is -0.379 e. The number of anilines is 2. The van der Waals surface area contributed by atoms with E-state index in [9.17, 15) is 0 Å². The first kappa shape index (κ1) is 14.0. The molecule has 0 saturated carbocycles. The number of nitrogens with zero attached hydrogens (tertiary/aromatic N) is 1. The van der Waals surface area contributed by atoms with Crippen molar-refractivity contribution >= 4 is 11.4 Å². The average molecular weight is 280 g/mol. The SMILES string of the molecule is Cc1ccc(C)c(CNc2ccccc2N2CCCC2)c1. The Morgan fingerprint density at radius 1 is 1.00 bits per heavy atom. The molecule has 0 atom stereocenters. The molecule has 2 aromatic rings. The van der Waals surface area contributed by atoms with Gasteiger partial charge in [-0.1, -0.05) is 35.9 Å². The highest BCUT2D eigenvalue weighted by molar-refractivity contribution is 5.70. The molecule has 3 rings (SSSR count). The molecule has 2 heteroatoms. The van der Waals surface area contributed by atoms with Crippen molar-refractivity contribution in [2.75, 3.05) is 23.3 Å². The second-order valence-electron chi connectivity index (χ2n) is 5.99. The number of aryl methyl sites for hydroxylation is 2. The summed E-state index contributed by atoms with van der Waals surface area (Å²) in [6, 6.07) is 15.3. The summed E-state index contributed by atoms with van der Waals surface area (Å²) in [5.41, 5.74) is 6.66. The van der Waals surface area contributed by atoms with Gasteiger partial charge in [-0.2, -0.15) is 0 Å². The van der Waals surface area contributed by atoms with Crippen molar-refractivity contribution in [3.63, 3.8) is 0 Å². The van der Waals surface area contributed by atoms with Crippen molar-refractivity contribution in [2.45, 2.75) is 33.2 Å². The summed E-state index contributed by atoms with van der Waals surface area (Å²) in [6.45, 7) is 7.59. The highest BCUT2D eigenvalue weighted by Gasteiger charge is 2.15. The summed E-state index contributed by atoms with van der Waals surface area (Å²) in [5, 5.41) is 3.63. The first-order chi connectivity index (χ1) is 10.2. The van der Waals surface area contributed by atoms with Crippen LogP contribution in [0.25, 0.3) is 0 Å². The molecule has 0 bridgehead atoms. The zero-order valence-electron chi connectivity index (χ0n) is 13.0. The molecule has 2 nitrogen and oxygen atoms in total. The molecular formula is C19H24N2. The molecule has 1 aliphatic heterocycles. The predicted molar refractivity (Wildman–Crippen MR) is 91.1 cm³/mol. The van der Waals surface area contributed by atoms with Crippen molar-refractivity contribution in [1.29, 1.82) is 0 Å². The summed E-state index contributed by atoms with van der Waals surface area (Å²) < 4.78 is 0. The lowest BCUT2D eigenvalue weighted by Gasteiger charge is -2.22. The molecule has 1 fully saturated rings. The van der Waals surface area contributed by atoms with Crippen molar-refractivity contribution < 1.29 is 0 Å². The zero-order valence-corrected chi connectivity index (χ0v) is 13.0. The Morgan fingerprint density at radius 3 is 2.57 bits per heavy atom. The molecule has 0 aliphatic carbocycles. The molecule has 1 saturated heterocycles. The van der Waals surface area contributed by atoms with Gasteiger partial charge in [0.2, 0.25) is 0 Å². The van der Waals surface area contributed by atoms with Crippen molar-refractivity contribution in [3.05, 3.63) is 59.2 Å². The van der Waals surface area contributed by atoms with Crippen LogP contribution in [0.2, 0.25) is 0 Å². The van der Waals surface area contributed by atoms with E-state index in [1.807, 2.05) is 0 Å². The number of hydrogen-bond acceptors (Lipinski definition) is 2. The fourth-order valence-corrected chi connectivity index (χ4v) is 3.04. The van der Waals surface area contributed by atoms with Crippen LogP contribution in [-0.4, -0.2) is 13.1 Å². The van der Waals surface area contributed by atoms with Crippen LogP contribution in [-0.2, 0) is 6.54 Å². The largest absolute Gasteiger partial charge is 0.379 e. The Hall–Kier alpha value is -1.96. The second-order valence-corrected chi connectivity index (χ2v) is 5.99. The standard InChI is InChI=1S/C19H24N2/c1-15-9-10-16(2)17(13-15)14-20-18-7-3-4-8-19(18)21-11-5-6-12-21/h3-4,7-10,13,20H,5-6,11-12,14H2,1-2H3. The predicted octanol–water partition coefficient (Wildman–Crippen LogP) is 4.52. The molecule has 0 spiro atoms. The van der Waals surface area contributed by atoms with Crippen LogP contribution in [0.5, 0.6) is 0 Å². The van der Waals surface area contributed by atoms with E-state index in [1.165, 1.54) is 54.0 Å². The molecule has 1 heterocycles. The van der Waals surface area contributed by atoms with Gasteiger partial charge in [-0.25, -0.2) is 0 Å². The van der Waals surface area contributed by atoms with Crippen LogP contribution in [0.3, 0.4) is 0 Å². The van der Waals surface area contributed by atoms with Gasteiger partial charge in [-0.3, -0.25) is 0 Å². The molecule has 0 amide bonds. The Bertz CT molecular complexity index is 613. The fraction of sp³-hybridized carbons (Fsp3) is 0.368. The molecule has 0 unspecified atom stereocenters. The normalized spacial score (nSPS) is 14.5. The molecule has 21 heavy (non-hydrogen) atoms. The topological polar surface area (TPSA) is 15.3 Å². The number of para-hydroxylation sites is 2. The Labute approximate surface area is 127 Å². The van der Waals surface area contributed by atoms with E-state index in [2.05, 4.69) is 66.5 Å². The number of benzene rings is 2. The number of hydrogen-bond donors (Lipinski definition) is 1. The van der Waals surface area contributed by atoms with E-state index < -0.39 is 0 Å². The van der Waals surface area contributed by atoms with Crippen LogP contribution >= 0.6 is 0 Å². The van der Waals surface area contributed by atoms with Gasteiger partial charge in [0.15, 0.2) is 0 Å². The lowest BCUT2D eigenvalue weighted by atomic mass is 10.1. The Kier molecular flexibility index (Phi) is 4.14. The maximum absolute atomic E-state index is 3.63. The zero-order chi connectivity index (χ0) is 14.7. The van der Waals surface area contributed by atoms with E-state index in [-0.39, 0.29) is 0 Å². The molecule has 2 aromatic carbocycles. The third kappa shape index (κ3) is 3.21. The second kappa shape index (κ2) is 6.21. The van der Waals surface area contributed by atoms with Gasteiger partial charge >= 0.3 is 0 Å². The highest BCUT2D eigenvalue weighted by atomic mass is 15.2. The summed E-state index contributed by atoms with van der Waals surface area (Å²) >= 11 is 0. The minimum absolute atomic E-state index is 0.887. The molecule has 0 aromatic heterocycles. The third-order valence-electron chi connectivity index (χ3n) is 4.32. The van der Waals surface area contributed by atoms with Crippen molar-refractivity contribution in [1.82, 2.24) is 0 Å². The lowest BCUT2D eigenvalue weighted by Crippen LogP contribution is -2.19. The number of rotatable bonds is 4. The third-order valence-corrected chi connectivity index (χ3v) is 4.32. The van der Waals surface area contributed by atoms with Crippen LogP contribution in [0.1, 0.15) is 29.5 Å². The van der Waals surface area contributed by atoms with E-state index >= 15 is 0 Å². The van der Waals surface area contributed by atoms with Crippen molar-refractivity contribution in [2.24, 2.45) is 0 Å². The van der Waals surface area contributed by atoms with Crippen LogP contribution in [0.15, 0.2) is 42.5 Å². The molecule has 110 valence electrons. The monoisotopic (exact) mass is 280 g/mol. The van der Waals surface area contributed by atoms with Crippen LogP contribution < -0.4 is 10.2 Å². The van der Waals surface area contributed by atoms with E-state index in [4.69, 9.17) is 0 Å². The van der Waals surface area contributed by atoms with Crippen LogP contribution in [0.4, 0.5) is 11.4 Å². The summed E-state index contributed by atoms with van der Waals surface area (Å²) in [5.74, 6) is 0. The van der Waals surface area contributed by atoms with Gasteiger partial charge in [0, 0.05) is 19.6 Å². The summed E-state index contributed by atoms with van der Waals surface area (Å²) in [4.78, 5) is 2.49. The first-order valence-corrected chi connectivity index (χ1v) is 7.88. The van der Waals surface area contributed by atoms with Gasteiger partial charge in [0.1, 0.15) is 0 Å². The van der Waals surface area contributed by atoms with Gasteiger partial charge in [-0.05, 0) is 49.9 Å². The fourth-order valence-electron chi connectivity index (χ4n) is 3.04. The van der Waals surface area contributed by atoms with Crippen molar-refractivity contribution in [3.8, 4) is 0 Å². The maximum atomic E-state index is 3.63. The smallest absolute Gasteiger partial charge is 0.0602 e. The number of nitrogens with one attached hydrogen (secondary N) is 1. The first-order valence-electron chi connectivity index (χ1n) is 7.88. The minimum atomic E-state index is 0.887. The lowest BCUT2D eigenvalue weighted by molar-refractivity contribution is 0.949.